The number of rotatable bonds is 2. The van der Waals surface area contributed by atoms with Gasteiger partial charge in [-0.3, -0.25) is 4.98 Å². The molecule has 1 aliphatic heterocycles. The maximum Gasteiger partial charge on any atom is 0.0302 e. The molecule has 0 spiro atoms. The Morgan fingerprint density at radius 2 is 2.54 bits per heavy atom. The van der Waals surface area contributed by atoms with Gasteiger partial charge in [0, 0.05) is 12.4 Å². The summed E-state index contributed by atoms with van der Waals surface area (Å²) in [5.74, 6) is 1.44. The fourth-order valence-corrected chi connectivity index (χ4v) is 2.02. The van der Waals surface area contributed by atoms with Crippen LogP contribution in [0.3, 0.4) is 0 Å². The van der Waals surface area contributed by atoms with E-state index in [1.807, 2.05) is 18.5 Å². The molecular weight excluding hydrogens is 160 g/mol. The van der Waals surface area contributed by atoms with Gasteiger partial charge in [0.2, 0.25) is 0 Å². The Kier molecular flexibility index (Phi) is 2.60. The molecule has 2 heteroatoms. The predicted octanol–water partition coefficient (Wildman–Crippen LogP) is 1.79. The number of hydrogen-bond acceptors (Lipinski definition) is 2. The Hall–Kier alpha value is -0.890. The van der Waals surface area contributed by atoms with Crippen molar-refractivity contribution in [1.29, 1.82) is 0 Å². The summed E-state index contributed by atoms with van der Waals surface area (Å²) >= 11 is 0. The second-order valence-electron chi connectivity index (χ2n) is 3.83. The van der Waals surface area contributed by atoms with Crippen LogP contribution in [0, 0.1) is 5.92 Å². The van der Waals surface area contributed by atoms with E-state index in [9.17, 15) is 0 Å². The fourth-order valence-electron chi connectivity index (χ4n) is 2.02. The molecule has 1 saturated heterocycles. The van der Waals surface area contributed by atoms with E-state index < -0.39 is 0 Å². The molecule has 1 fully saturated rings. The summed E-state index contributed by atoms with van der Waals surface area (Å²) in [6, 6.07) is 4.20. The van der Waals surface area contributed by atoms with Crippen LogP contribution in [-0.4, -0.2) is 18.1 Å². The highest BCUT2D eigenvalue weighted by molar-refractivity contribution is 5.15. The molecule has 0 unspecified atom stereocenters. The van der Waals surface area contributed by atoms with Gasteiger partial charge in [0.15, 0.2) is 0 Å². The van der Waals surface area contributed by atoms with Gasteiger partial charge in [0.1, 0.15) is 0 Å². The third-order valence-corrected chi connectivity index (χ3v) is 3.02. The van der Waals surface area contributed by atoms with E-state index in [-0.39, 0.29) is 0 Å². The standard InChI is InChI=1S/C11H16N2/c1-9(11-4-6-13-8-11)10-3-2-5-12-7-10/h2-3,5,7,9,11,13H,4,6,8H2,1H3/t9-,11+/m0/s1. The van der Waals surface area contributed by atoms with Crippen molar-refractivity contribution in [2.75, 3.05) is 13.1 Å². The van der Waals surface area contributed by atoms with Crippen molar-refractivity contribution in [3.63, 3.8) is 0 Å². The van der Waals surface area contributed by atoms with Gasteiger partial charge in [-0.2, -0.15) is 0 Å². The van der Waals surface area contributed by atoms with E-state index in [4.69, 9.17) is 0 Å². The van der Waals surface area contributed by atoms with Gasteiger partial charge < -0.3 is 5.32 Å². The predicted molar refractivity (Wildman–Crippen MR) is 53.6 cm³/mol. The fraction of sp³-hybridized carbons (Fsp3) is 0.545. The molecule has 13 heavy (non-hydrogen) atoms. The molecule has 0 radical (unpaired) electrons. The highest BCUT2D eigenvalue weighted by atomic mass is 14.9. The van der Waals surface area contributed by atoms with E-state index >= 15 is 0 Å². The van der Waals surface area contributed by atoms with E-state index in [0.717, 1.165) is 12.5 Å². The zero-order valence-electron chi connectivity index (χ0n) is 8.03. The largest absolute Gasteiger partial charge is 0.316 e. The Bertz CT molecular complexity index is 252. The molecule has 70 valence electrons. The van der Waals surface area contributed by atoms with Crippen LogP contribution < -0.4 is 5.32 Å². The number of nitrogens with zero attached hydrogens (tertiary/aromatic N) is 1. The average Bonchev–Trinajstić information content (AvgIpc) is 2.71. The van der Waals surface area contributed by atoms with Crippen LogP contribution in [-0.2, 0) is 0 Å². The Labute approximate surface area is 79.4 Å². The van der Waals surface area contributed by atoms with Crippen LogP contribution >= 0.6 is 0 Å². The lowest BCUT2D eigenvalue weighted by atomic mass is 9.88. The molecule has 0 aromatic carbocycles. The molecule has 2 heterocycles. The first-order valence-electron chi connectivity index (χ1n) is 4.98. The highest BCUT2D eigenvalue weighted by Crippen LogP contribution is 2.27. The maximum absolute atomic E-state index is 4.16. The van der Waals surface area contributed by atoms with Crippen LogP contribution in [0.4, 0.5) is 0 Å². The Morgan fingerprint density at radius 3 is 3.15 bits per heavy atom. The van der Waals surface area contributed by atoms with E-state index in [1.165, 1.54) is 18.5 Å². The zero-order valence-corrected chi connectivity index (χ0v) is 8.03. The molecule has 1 N–H and O–H groups in total. The van der Waals surface area contributed by atoms with Crippen molar-refractivity contribution < 1.29 is 0 Å². The zero-order chi connectivity index (χ0) is 9.10. The summed E-state index contributed by atoms with van der Waals surface area (Å²) in [5.41, 5.74) is 1.37. The molecule has 2 rings (SSSR count). The molecule has 1 aromatic rings. The normalized spacial score (nSPS) is 24.5. The number of aromatic nitrogens is 1. The average molecular weight is 176 g/mol. The van der Waals surface area contributed by atoms with Crippen molar-refractivity contribution in [3.8, 4) is 0 Å². The van der Waals surface area contributed by atoms with Crippen LogP contribution in [0.15, 0.2) is 24.5 Å². The van der Waals surface area contributed by atoms with Gasteiger partial charge in [-0.1, -0.05) is 13.0 Å². The second kappa shape index (κ2) is 3.88. The van der Waals surface area contributed by atoms with Crippen LogP contribution in [0.2, 0.25) is 0 Å². The topological polar surface area (TPSA) is 24.9 Å². The summed E-state index contributed by atoms with van der Waals surface area (Å²) in [4.78, 5) is 4.16. The van der Waals surface area contributed by atoms with Gasteiger partial charge >= 0.3 is 0 Å². The Morgan fingerprint density at radius 1 is 1.62 bits per heavy atom. The number of nitrogens with one attached hydrogen (secondary N) is 1. The molecule has 1 aromatic heterocycles. The third kappa shape index (κ3) is 1.89. The van der Waals surface area contributed by atoms with Gasteiger partial charge in [-0.05, 0) is 43.0 Å². The first-order valence-corrected chi connectivity index (χ1v) is 4.98. The minimum atomic E-state index is 0.642. The molecule has 2 nitrogen and oxygen atoms in total. The first kappa shape index (κ1) is 8.70. The van der Waals surface area contributed by atoms with Crippen molar-refractivity contribution in [2.45, 2.75) is 19.3 Å². The molecular formula is C11H16N2. The highest BCUT2D eigenvalue weighted by Gasteiger charge is 2.22. The summed E-state index contributed by atoms with van der Waals surface area (Å²) in [5, 5.41) is 3.40. The minimum Gasteiger partial charge on any atom is -0.316 e. The van der Waals surface area contributed by atoms with Crippen LogP contribution in [0.1, 0.15) is 24.8 Å². The summed E-state index contributed by atoms with van der Waals surface area (Å²) < 4.78 is 0. The lowest BCUT2D eigenvalue weighted by Gasteiger charge is -2.17. The van der Waals surface area contributed by atoms with Crippen molar-refractivity contribution in [2.24, 2.45) is 5.92 Å². The third-order valence-electron chi connectivity index (χ3n) is 3.02. The van der Waals surface area contributed by atoms with Crippen molar-refractivity contribution >= 4 is 0 Å². The molecule has 0 saturated carbocycles. The summed E-state index contributed by atoms with van der Waals surface area (Å²) in [6.45, 7) is 4.64. The quantitative estimate of drug-likeness (QED) is 0.743. The van der Waals surface area contributed by atoms with Gasteiger partial charge in [0.05, 0.1) is 0 Å². The number of pyridine rings is 1. The lowest BCUT2D eigenvalue weighted by molar-refractivity contribution is 0.486. The van der Waals surface area contributed by atoms with Gasteiger partial charge in [-0.25, -0.2) is 0 Å². The monoisotopic (exact) mass is 176 g/mol. The van der Waals surface area contributed by atoms with Crippen LogP contribution in [0.5, 0.6) is 0 Å². The van der Waals surface area contributed by atoms with E-state index in [2.05, 4.69) is 23.3 Å². The van der Waals surface area contributed by atoms with Crippen molar-refractivity contribution in [1.82, 2.24) is 10.3 Å². The summed E-state index contributed by atoms with van der Waals surface area (Å²) in [6.07, 6.45) is 5.13. The minimum absolute atomic E-state index is 0.642. The number of hydrogen-bond donors (Lipinski definition) is 1. The van der Waals surface area contributed by atoms with E-state index in [0.29, 0.717) is 5.92 Å². The molecule has 1 aliphatic rings. The van der Waals surface area contributed by atoms with Crippen LogP contribution in [0.25, 0.3) is 0 Å². The SMILES string of the molecule is C[C@@H](c1cccnc1)[C@@H]1CCNC1. The summed E-state index contributed by atoms with van der Waals surface area (Å²) in [7, 11) is 0. The smallest absolute Gasteiger partial charge is 0.0302 e. The van der Waals surface area contributed by atoms with Gasteiger partial charge in [-0.15, -0.1) is 0 Å². The molecule has 2 atom stereocenters. The van der Waals surface area contributed by atoms with Gasteiger partial charge in [0.25, 0.3) is 0 Å². The Balaban J connectivity index is 2.08. The molecule has 0 aliphatic carbocycles. The maximum atomic E-state index is 4.16. The first-order chi connectivity index (χ1) is 6.38. The second-order valence-corrected chi connectivity index (χ2v) is 3.83. The van der Waals surface area contributed by atoms with Crippen molar-refractivity contribution in [3.05, 3.63) is 30.1 Å². The van der Waals surface area contributed by atoms with E-state index in [1.54, 1.807) is 0 Å². The lowest BCUT2D eigenvalue weighted by Crippen LogP contribution is -2.14. The molecule has 0 amide bonds. The molecule has 0 bridgehead atoms.